The molecule has 1 fully saturated rings. The standard InChI is InChI=1S/C12H17N3O4S/c1-7-14-8(6-20-7)3-13-12(18)15(2)10-5-19-4-9(10)11(16)17/h6,9-10H,3-5H2,1-2H3,(H,13,18)(H,16,17). The largest absolute Gasteiger partial charge is 0.481 e. The Kier molecular flexibility index (Phi) is 4.56. The van der Waals surface area contributed by atoms with Gasteiger partial charge in [-0.25, -0.2) is 9.78 Å². The molecular weight excluding hydrogens is 282 g/mol. The minimum absolute atomic E-state index is 0.142. The van der Waals surface area contributed by atoms with Crippen molar-refractivity contribution in [1.29, 1.82) is 0 Å². The number of likely N-dealkylation sites (N-methyl/N-ethyl adjacent to an activating group) is 1. The summed E-state index contributed by atoms with van der Waals surface area (Å²) in [6.45, 7) is 2.62. The number of thiazole rings is 1. The first kappa shape index (κ1) is 14.7. The Hall–Kier alpha value is -1.67. The molecule has 2 heterocycles. The van der Waals surface area contributed by atoms with E-state index in [0.29, 0.717) is 6.54 Å². The summed E-state index contributed by atoms with van der Waals surface area (Å²) in [5.41, 5.74) is 0.798. The number of urea groups is 1. The zero-order valence-electron chi connectivity index (χ0n) is 11.3. The number of aryl methyl sites for hydroxylation is 1. The van der Waals surface area contributed by atoms with E-state index in [4.69, 9.17) is 9.84 Å². The molecular formula is C12H17N3O4S. The van der Waals surface area contributed by atoms with Crippen molar-refractivity contribution < 1.29 is 19.4 Å². The third-order valence-electron chi connectivity index (χ3n) is 3.27. The van der Waals surface area contributed by atoms with Crippen LogP contribution in [0.4, 0.5) is 4.79 Å². The Labute approximate surface area is 120 Å². The first-order chi connectivity index (χ1) is 9.49. The van der Waals surface area contributed by atoms with E-state index in [0.717, 1.165) is 10.7 Å². The van der Waals surface area contributed by atoms with Gasteiger partial charge in [0.15, 0.2) is 0 Å². The van der Waals surface area contributed by atoms with Gasteiger partial charge in [0.1, 0.15) is 5.92 Å². The van der Waals surface area contributed by atoms with Crippen LogP contribution in [-0.4, -0.2) is 53.3 Å². The monoisotopic (exact) mass is 299 g/mol. The van der Waals surface area contributed by atoms with Crippen molar-refractivity contribution >= 4 is 23.3 Å². The van der Waals surface area contributed by atoms with Crippen LogP contribution in [0.3, 0.4) is 0 Å². The fourth-order valence-electron chi connectivity index (χ4n) is 2.09. The van der Waals surface area contributed by atoms with Gasteiger partial charge in [-0.3, -0.25) is 4.79 Å². The summed E-state index contributed by atoms with van der Waals surface area (Å²) >= 11 is 1.52. The summed E-state index contributed by atoms with van der Waals surface area (Å²) < 4.78 is 5.16. The zero-order chi connectivity index (χ0) is 14.7. The van der Waals surface area contributed by atoms with Gasteiger partial charge in [-0.05, 0) is 6.92 Å². The molecule has 20 heavy (non-hydrogen) atoms. The van der Waals surface area contributed by atoms with Crippen molar-refractivity contribution in [3.05, 3.63) is 16.1 Å². The molecule has 0 aromatic carbocycles. The second-order valence-corrected chi connectivity index (χ2v) is 5.74. The molecule has 0 saturated carbocycles. The lowest BCUT2D eigenvalue weighted by Gasteiger charge is -2.26. The molecule has 2 atom stereocenters. The molecule has 2 N–H and O–H groups in total. The maximum absolute atomic E-state index is 12.0. The molecule has 2 amide bonds. The molecule has 2 rings (SSSR count). The van der Waals surface area contributed by atoms with Gasteiger partial charge in [-0.1, -0.05) is 0 Å². The predicted molar refractivity (Wildman–Crippen MR) is 72.6 cm³/mol. The van der Waals surface area contributed by atoms with Crippen LogP contribution in [0.2, 0.25) is 0 Å². The molecule has 2 unspecified atom stereocenters. The average Bonchev–Trinajstić information content (AvgIpc) is 3.03. The molecule has 0 spiro atoms. The van der Waals surface area contributed by atoms with Crippen LogP contribution in [0.15, 0.2) is 5.38 Å². The van der Waals surface area contributed by atoms with E-state index in [1.54, 1.807) is 7.05 Å². The van der Waals surface area contributed by atoms with Gasteiger partial charge in [0.25, 0.3) is 0 Å². The highest BCUT2D eigenvalue weighted by Crippen LogP contribution is 2.19. The molecule has 0 radical (unpaired) electrons. The zero-order valence-corrected chi connectivity index (χ0v) is 12.1. The van der Waals surface area contributed by atoms with Gasteiger partial charge < -0.3 is 20.1 Å². The van der Waals surface area contributed by atoms with Gasteiger partial charge in [-0.2, -0.15) is 0 Å². The highest BCUT2D eigenvalue weighted by molar-refractivity contribution is 7.09. The van der Waals surface area contributed by atoms with Crippen molar-refractivity contribution in [2.24, 2.45) is 5.92 Å². The molecule has 0 bridgehead atoms. The van der Waals surface area contributed by atoms with E-state index in [9.17, 15) is 9.59 Å². The van der Waals surface area contributed by atoms with Gasteiger partial charge in [0, 0.05) is 12.4 Å². The Bertz CT molecular complexity index is 505. The van der Waals surface area contributed by atoms with Gasteiger partial charge >= 0.3 is 12.0 Å². The van der Waals surface area contributed by atoms with Crippen LogP contribution in [-0.2, 0) is 16.1 Å². The van der Waals surface area contributed by atoms with Crippen molar-refractivity contribution in [3.8, 4) is 0 Å². The number of hydrogen-bond acceptors (Lipinski definition) is 5. The van der Waals surface area contributed by atoms with E-state index < -0.39 is 17.9 Å². The Balaban J connectivity index is 1.90. The summed E-state index contributed by atoms with van der Waals surface area (Å²) in [6, 6.07) is -0.762. The molecule has 8 heteroatoms. The van der Waals surface area contributed by atoms with E-state index in [2.05, 4.69) is 10.3 Å². The van der Waals surface area contributed by atoms with E-state index in [-0.39, 0.29) is 19.2 Å². The summed E-state index contributed by atoms with van der Waals surface area (Å²) in [5.74, 6) is -1.62. The normalized spacial score (nSPS) is 21.7. The van der Waals surface area contributed by atoms with Crippen LogP contribution < -0.4 is 5.32 Å². The molecule has 1 saturated heterocycles. The lowest BCUT2D eigenvalue weighted by molar-refractivity contribution is -0.142. The number of carboxylic acid groups (broad SMARTS) is 1. The number of nitrogens with one attached hydrogen (secondary N) is 1. The Morgan fingerprint density at radius 1 is 1.60 bits per heavy atom. The van der Waals surface area contributed by atoms with Crippen molar-refractivity contribution in [3.63, 3.8) is 0 Å². The number of aromatic nitrogens is 1. The summed E-state index contributed by atoms with van der Waals surface area (Å²) in [6.07, 6.45) is 0. The molecule has 110 valence electrons. The number of aliphatic carboxylic acids is 1. The van der Waals surface area contributed by atoms with E-state index >= 15 is 0 Å². The summed E-state index contributed by atoms with van der Waals surface area (Å²) in [7, 11) is 1.58. The molecule has 1 aliphatic heterocycles. The van der Waals surface area contributed by atoms with Crippen LogP contribution >= 0.6 is 11.3 Å². The first-order valence-corrected chi connectivity index (χ1v) is 7.09. The molecule has 1 aliphatic rings. The highest BCUT2D eigenvalue weighted by Gasteiger charge is 2.38. The van der Waals surface area contributed by atoms with E-state index in [1.165, 1.54) is 16.2 Å². The number of ether oxygens (including phenoxy) is 1. The SMILES string of the molecule is Cc1nc(CNC(=O)N(C)C2COCC2C(=O)O)cs1. The lowest BCUT2D eigenvalue weighted by Crippen LogP contribution is -2.48. The summed E-state index contributed by atoms with van der Waals surface area (Å²) in [5, 5.41) is 14.6. The lowest BCUT2D eigenvalue weighted by atomic mass is 10.0. The quantitative estimate of drug-likeness (QED) is 0.853. The van der Waals surface area contributed by atoms with Crippen LogP contribution in [0, 0.1) is 12.8 Å². The van der Waals surface area contributed by atoms with Crippen molar-refractivity contribution in [1.82, 2.24) is 15.2 Å². The number of nitrogens with zero attached hydrogens (tertiary/aromatic N) is 2. The fourth-order valence-corrected chi connectivity index (χ4v) is 2.70. The number of carbonyl (C=O) groups excluding carboxylic acids is 1. The fraction of sp³-hybridized carbons (Fsp3) is 0.583. The predicted octanol–water partition coefficient (Wildman–Crippen LogP) is 0.693. The second kappa shape index (κ2) is 6.19. The summed E-state index contributed by atoms with van der Waals surface area (Å²) in [4.78, 5) is 28.7. The van der Waals surface area contributed by atoms with E-state index in [1.807, 2.05) is 12.3 Å². The topological polar surface area (TPSA) is 91.8 Å². The number of carboxylic acids is 1. The van der Waals surface area contributed by atoms with Crippen LogP contribution in [0.25, 0.3) is 0 Å². The minimum atomic E-state index is -0.942. The number of hydrogen-bond donors (Lipinski definition) is 2. The number of rotatable bonds is 4. The van der Waals surface area contributed by atoms with Gasteiger partial charge in [-0.15, -0.1) is 11.3 Å². The molecule has 1 aromatic heterocycles. The second-order valence-electron chi connectivity index (χ2n) is 4.68. The maximum Gasteiger partial charge on any atom is 0.317 e. The first-order valence-electron chi connectivity index (χ1n) is 6.21. The maximum atomic E-state index is 12.0. The van der Waals surface area contributed by atoms with Crippen LogP contribution in [0.5, 0.6) is 0 Å². The van der Waals surface area contributed by atoms with Crippen molar-refractivity contribution in [2.45, 2.75) is 19.5 Å². The van der Waals surface area contributed by atoms with Gasteiger partial charge in [0.2, 0.25) is 0 Å². The highest BCUT2D eigenvalue weighted by atomic mass is 32.1. The Morgan fingerprint density at radius 3 is 2.95 bits per heavy atom. The average molecular weight is 299 g/mol. The number of carbonyl (C=O) groups is 2. The smallest absolute Gasteiger partial charge is 0.317 e. The van der Waals surface area contributed by atoms with Crippen molar-refractivity contribution in [2.75, 3.05) is 20.3 Å². The van der Waals surface area contributed by atoms with Crippen LogP contribution in [0.1, 0.15) is 10.7 Å². The number of amides is 2. The Morgan fingerprint density at radius 2 is 2.35 bits per heavy atom. The third kappa shape index (κ3) is 3.26. The molecule has 7 nitrogen and oxygen atoms in total. The van der Waals surface area contributed by atoms with Gasteiger partial charge in [0.05, 0.1) is 36.5 Å². The third-order valence-corrected chi connectivity index (χ3v) is 4.10. The molecule has 0 aliphatic carbocycles. The minimum Gasteiger partial charge on any atom is -0.481 e. The molecule has 1 aromatic rings.